The molecule has 0 radical (unpaired) electrons. The van der Waals surface area contributed by atoms with Gasteiger partial charge in [0.15, 0.2) is 5.79 Å². The molecule has 2 aromatic carbocycles. The Morgan fingerprint density at radius 3 is 2.39 bits per heavy atom. The molecule has 0 aromatic heterocycles. The first-order chi connectivity index (χ1) is 15.0. The molecule has 0 aliphatic carbocycles. The van der Waals surface area contributed by atoms with E-state index in [2.05, 4.69) is 10.2 Å². The van der Waals surface area contributed by atoms with E-state index in [1.54, 1.807) is 36.4 Å². The fourth-order valence-electron chi connectivity index (χ4n) is 4.07. The summed E-state index contributed by atoms with van der Waals surface area (Å²) < 4.78 is 11.6. The van der Waals surface area contributed by atoms with Gasteiger partial charge in [-0.2, -0.15) is 0 Å². The SMILES string of the molecule is O=C(O)c1ccc(CCNC(=O)c2cc(Cl)ccc2N2CCC3(CC2)OCCO3)cc1. The number of carboxylic acid groups (broad SMARTS) is 1. The Bertz CT molecular complexity index is 947. The minimum atomic E-state index is -0.956. The zero-order valence-corrected chi connectivity index (χ0v) is 17.9. The molecule has 2 heterocycles. The molecule has 2 N–H and O–H groups in total. The summed E-state index contributed by atoms with van der Waals surface area (Å²) >= 11 is 6.18. The Labute approximate surface area is 185 Å². The largest absolute Gasteiger partial charge is 0.478 e. The van der Waals surface area contributed by atoms with Crippen molar-refractivity contribution < 1.29 is 24.2 Å². The van der Waals surface area contributed by atoms with Gasteiger partial charge in [-0.15, -0.1) is 0 Å². The van der Waals surface area contributed by atoms with Crippen LogP contribution >= 0.6 is 11.6 Å². The lowest BCUT2D eigenvalue weighted by Gasteiger charge is -2.39. The summed E-state index contributed by atoms with van der Waals surface area (Å²) in [5, 5.41) is 12.4. The van der Waals surface area contributed by atoms with E-state index in [1.807, 2.05) is 6.07 Å². The smallest absolute Gasteiger partial charge is 0.335 e. The average Bonchev–Trinajstić information content (AvgIpc) is 3.22. The minimum Gasteiger partial charge on any atom is -0.478 e. The molecule has 0 bridgehead atoms. The summed E-state index contributed by atoms with van der Waals surface area (Å²) in [5.41, 5.74) is 2.58. The van der Waals surface area contributed by atoms with Crippen LogP contribution in [0, 0.1) is 0 Å². The first-order valence-electron chi connectivity index (χ1n) is 10.4. The van der Waals surface area contributed by atoms with Gasteiger partial charge in [0.05, 0.1) is 24.3 Å². The van der Waals surface area contributed by atoms with Gasteiger partial charge in [0.2, 0.25) is 0 Å². The van der Waals surface area contributed by atoms with E-state index in [1.165, 1.54) is 0 Å². The predicted octanol–water partition coefficient (Wildman–Crippen LogP) is 3.35. The van der Waals surface area contributed by atoms with Crippen LogP contribution in [0.5, 0.6) is 0 Å². The number of halogens is 1. The normalized spacial score (nSPS) is 17.6. The number of ether oxygens (including phenoxy) is 2. The van der Waals surface area contributed by atoms with Crippen molar-refractivity contribution in [1.29, 1.82) is 0 Å². The third-order valence-electron chi connectivity index (χ3n) is 5.78. The molecule has 2 aliphatic heterocycles. The van der Waals surface area contributed by atoms with Crippen molar-refractivity contribution in [3.05, 3.63) is 64.2 Å². The highest BCUT2D eigenvalue weighted by Gasteiger charge is 2.40. The van der Waals surface area contributed by atoms with Gasteiger partial charge >= 0.3 is 5.97 Å². The van der Waals surface area contributed by atoms with Gasteiger partial charge in [0.25, 0.3) is 5.91 Å². The third-order valence-corrected chi connectivity index (χ3v) is 6.02. The molecular weight excluding hydrogens is 420 g/mol. The van der Waals surface area contributed by atoms with Crippen molar-refractivity contribution in [1.82, 2.24) is 5.32 Å². The second kappa shape index (κ2) is 9.26. The molecule has 4 rings (SSSR count). The van der Waals surface area contributed by atoms with Gasteiger partial charge in [-0.05, 0) is 42.3 Å². The Hall–Kier alpha value is -2.61. The first kappa shape index (κ1) is 21.6. The van der Waals surface area contributed by atoms with Gasteiger partial charge < -0.3 is 24.8 Å². The van der Waals surface area contributed by atoms with Crippen molar-refractivity contribution in [3.8, 4) is 0 Å². The molecular formula is C23H25ClN2O5. The number of nitrogens with zero attached hydrogens (tertiary/aromatic N) is 1. The van der Waals surface area contributed by atoms with E-state index < -0.39 is 11.8 Å². The van der Waals surface area contributed by atoms with Crippen LogP contribution in [0.25, 0.3) is 0 Å². The maximum atomic E-state index is 12.9. The number of amides is 1. The van der Waals surface area contributed by atoms with Crippen molar-refractivity contribution >= 4 is 29.2 Å². The van der Waals surface area contributed by atoms with Gasteiger partial charge in [-0.3, -0.25) is 4.79 Å². The van der Waals surface area contributed by atoms with E-state index in [-0.39, 0.29) is 11.5 Å². The van der Waals surface area contributed by atoms with Crippen molar-refractivity contribution in [2.45, 2.75) is 25.0 Å². The van der Waals surface area contributed by atoms with Crippen LogP contribution in [-0.4, -0.2) is 55.6 Å². The fourth-order valence-corrected chi connectivity index (χ4v) is 4.24. The van der Waals surface area contributed by atoms with Crippen LogP contribution in [0.3, 0.4) is 0 Å². The molecule has 2 aromatic rings. The van der Waals surface area contributed by atoms with Crippen molar-refractivity contribution in [2.75, 3.05) is 37.7 Å². The molecule has 0 unspecified atom stereocenters. The van der Waals surface area contributed by atoms with E-state index in [9.17, 15) is 9.59 Å². The van der Waals surface area contributed by atoms with E-state index >= 15 is 0 Å². The molecule has 8 heteroatoms. The van der Waals surface area contributed by atoms with Crippen LogP contribution in [0.1, 0.15) is 39.1 Å². The molecule has 31 heavy (non-hydrogen) atoms. The predicted molar refractivity (Wildman–Crippen MR) is 117 cm³/mol. The molecule has 1 spiro atoms. The number of anilines is 1. The molecule has 2 fully saturated rings. The standard InChI is InChI=1S/C23H25ClN2O5/c24-18-5-6-20(26-11-8-23(9-12-26)30-13-14-31-23)19(15-18)21(27)25-10-7-16-1-3-17(4-2-16)22(28)29/h1-6,15H,7-14H2,(H,25,27)(H,28,29). The van der Waals surface area contributed by atoms with Crippen LogP contribution in [0.2, 0.25) is 5.02 Å². The third kappa shape index (κ3) is 5.01. The quantitative estimate of drug-likeness (QED) is 0.710. The molecule has 164 valence electrons. The lowest BCUT2D eigenvalue weighted by Crippen LogP contribution is -2.45. The van der Waals surface area contributed by atoms with Crippen LogP contribution < -0.4 is 10.2 Å². The van der Waals surface area contributed by atoms with Gasteiger partial charge in [-0.25, -0.2) is 4.79 Å². The zero-order chi connectivity index (χ0) is 21.8. The first-order valence-corrected chi connectivity index (χ1v) is 10.8. The number of hydrogen-bond acceptors (Lipinski definition) is 5. The number of benzene rings is 2. The lowest BCUT2D eigenvalue weighted by molar-refractivity contribution is -0.169. The molecule has 0 atom stereocenters. The summed E-state index contributed by atoms with van der Waals surface area (Å²) in [6.45, 7) is 3.17. The topological polar surface area (TPSA) is 88.1 Å². The zero-order valence-electron chi connectivity index (χ0n) is 17.1. The highest BCUT2D eigenvalue weighted by molar-refractivity contribution is 6.31. The van der Waals surface area contributed by atoms with Crippen molar-refractivity contribution in [2.24, 2.45) is 0 Å². The second-order valence-corrected chi connectivity index (χ2v) is 8.20. The van der Waals surface area contributed by atoms with Gasteiger partial charge in [-0.1, -0.05) is 23.7 Å². The number of hydrogen-bond donors (Lipinski definition) is 2. The number of carbonyl (C=O) groups excluding carboxylic acids is 1. The van der Waals surface area contributed by atoms with E-state index in [0.717, 1.165) is 37.2 Å². The molecule has 7 nitrogen and oxygen atoms in total. The Balaban J connectivity index is 1.38. The molecule has 2 saturated heterocycles. The van der Waals surface area contributed by atoms with Crippen LogP contribution in [-0.2, 0) is 15.9 Å². The highest BCUT2D eigenvalue weighted by Crippen LogP contribution is 2.34. The summed E-state index contributed by atoms with van der Waals surface area (Å²) in [6, 6.07) is 12.0. The molecule has 0 saturated carbocycles. The monoisotopic (exact) mass is 444 g/mol. The van der Waals surface area contributed by atoms with Gasteiger partial charge in [0.1, 0.15) is 0 Å². The number of carbonyl (C=O) groups is 2. The summed E-state index contributed by atoms with van der Waals surface area (Å²) in [7, 11) is 0. The highest BCUT2D eigenvalue weighted by atomic mass is 35.5. The number of carboxylic acids is 1. The maximum absolute atomic E-state index is 12.9. The second-order valence-electron chi connectivity index (χ2n) is 7.76. The summed E-state index contributed by atoms with van der Waals surface area (Å²) in [4.78, 5) is 26.0. The van der Waals surface area contributed by atoms with Crippen LogP contribution in [0.4, 0.5) is 5.69 Å². The molecule has 2 aliphatic rings. The number of piperidine rings is 1. The Morgan fingerprint density at radius 2 is 1.74 bits per heavy atom. The number of aromatic carboxylic acids is 1. The lowest BCUT2D eigenvalue weighted by atomic mass is 10.0. The number of nitrogens with one attached hydrogen (secondary N) is 1. The summed E-state index contributed by atoms with van der Waals surface area (Å²) in [5.74, 6) is -1.61. The summed E-state index contributed by atoms with van der Waals surface area (Å²) in [6.07, 6.45) is 2.11. The Morgan fingerprint density at radius 1 is 1.06 bits per heavy atom. The fraction of sp³-hybridized carbons (Fsp3) is 0.391. The maximum Gasteiger partial charge on any atom is 0.335 e. The van der Waals surface area contributed by atoms with Crippen molar-refractivity contribution in [3.63, 3.8) is 0 Å². The minimum absolute atomic E-state index is 0.187. The van der Waals surface area contributed by atoms with E-state index in [0.29, 0.717) is 36.8 Å². The van der Waals surface area contributed by atoms with Crippen LogP contribution in [0.15, 0.2) is 42.5 Å². The average molecular weight is 445 g/mol. The van der Waals surface area contributed by atoms with E-state index in [4.69, 9.17) is 26.2 Å². The van der Waals surface area contributed by atoms with Gasteiger partial charge in [0, 0.05) is 43.2 Å². The molecule has 1 amide bonds. The number of rotatable bonds is 6. The Kier molecular flexibility index (Phi) is 6.46.